The lowest BCUT2D eigenvalue weighted by Gasteiger charge is -2.16. The molecule has 2 heterocycles. The van der Waals surface area contributed by atoms with E-state index in [1.807, 2.05) is 0 Å². The van der Waals surface area contributed by atoms with Gasteiger partial charge < -0.3 is 4.90 Å². The molecule has 2 heteroatoms. The van der Waals surface area contributed by atoms with Crippen LogP contribution in [-0.4, -0.2) is 23.4 Å². The number of fused-ring (bicyclic) bond motifs is 1. The summed E-state index contributed by atoms with van der Waals surface area (Å²) in [6.07, 6.45) is 3.13. The minimum absolute atomic E-state index is 0.384. The molecule has 56 valence electrons. The van der Waals surface area contributed by atoms with Crippen LogP contribution in [0.25, 0.3) is 0 Å². The first kappa shape index (κ1) is 6.20. The molecular weight excluding hydrogens is 126 g/mol. The fourth-order valence-corrected chi connectivity index (χ4v) is 2.17. The van der Waals surface area contributed by atoms with Gasteiger partial charge in [0.25, 0.3) is 0 Å². The van der Waals surface area contributed by atoms with Crippen LogP contribution in [0.1, 0.15) is 26.2 Å². The number of amides is 1. The van der Waals surface area contributed by atoms with Crippen molar-refractivity contribution in [3.63, 3.8) is 0 Å². The molecule has 1 amide bonds. The van der Waals surface area contributed by atoms with Crippen molar-refractivity contribution in [2.75, 3.05) is 6.54 Å². The molecule has 2 rings (SSSR count). The Kier molecular flexibility index (Phi) is 1.22. The van der Waals surface area contributed by atoms with E-state index in [9.17, 15) is 4.79 Å². The summed E-state index contributed by atoms with van der Waals surface area (Å²) in [5, 5.41) is 0. The van der Waals surface area contributed by atoms with Crippen molar-refractivity contribution in [3.05, 3.63) is 0 Å². The topological polar surface area (TPSA) is 20.3 Å². The lowest BCUT2D eigenvalue weighted by atomic mass is 10.0. The van der Waals surface area contributed by atoms with Gasteiger partial charge in [-0.15, -0.1) is 0 Å². The number of carbonyl (C=O) groups excluding carboxylic acids is 1. The van der Waals surface area contributed by atoms with E-state index in [0.717, 1.165) is 25.3 Å². The Morgan fingerprint density at radius 2 is 2.30 bits per heavy atom. The molecule has 2 saturated heterocycles. The molecule has 0 unspecified atom stereocenters. The van der Waals surface area contributed by atoms with E-state index < -0.39 is 0 Å². The Morgan fingerprint density at radius 1 is 1.50 bits per heavy atom. The minimum Gasteiger partial charge on any atom is -0.339 e. The molecule has 10 heavy (non-hydrogen) atoms. The molecule has 0 saturated carbocycles. The third kappa shape index (κ3) is 0.678. The summed E-state index contributed by atoms with van der Waals surface area (Å²) in [6.45, 7) is 3.27. The Balaban J connectivity index is 2.16. The van der Waals surface area contributed by atoms with Crippen molar-refractivity contribution in [1.29, 1.82) is 0 Å². The minimum atomic E-state index is 0.384. The van der Waals surface area contributed by atoms with E-state index in [4.69, 9.17) is 0 Å². The molecule has 2 aliphatic heterocycles. The third-order valence-corrected chi connectivity index (χ3v) is 2.86. The molecule has 0 spiro atoms. The van der Waals surface area contributed by atoms with Crippen LogP contribution in [0.3, 0.4) is 0 Å². The number of rotatable bonds is 0. The van der Waals surface area contributed by atoms with Gasteiger partial charge in [0.1, 0.15) is 0 Å². The van der Waals surface area contributed by atoms with Crippen molar-refractivity contribution in [2.45, 2.75) is 32.2 Å². The highest BCUT2D eigenvalue weighted by Gasteiger charge is 2.38. The summed E-state index contributed by atoms with van der Waals surface area (Å²) in [4.78, 5) is 13.2. The van der Waals surface area contributed by atoms with Gasteiger partial charge >= 0.3 is 0 Å². The van der Waals surface area contributed by atoms with Crippen LogP contribution in [0.2, 0.25) is 0 Å². The largest absolute Gasteiger partial charge is 0.339 e. The molecule has 0 aromatic rings. The third-order valence-electron chi connectivity index (χ3n) is 2.86. The maximum Gasteiger partial charge on any atom is 0.222 e. The Hall–Kier alpha value is -0.530. The molecule has 0 aromatic heterocycles. The van der Waals surface area contributed by atoms with Crippen LogP contribution in [0.4, 0.5) is 0 Å². The maximum absolute atomic E-state index is 11.1. The van der Waals surface area contributed by atoms with Crippen molar-refractivity contribution >= 4 is 5.91 Å². The number of nitrogens with zero attached hydrogens (tertiary/aromatic N) is 1. The second-order valence-corrected chi connectivity index (χ2v) is 3.46. The van der Waals surface area contributed by atoms with Crippen molar-refractivity contribution in [3.8, 4) is 0 Å². The van der Waals surface area contributed by atoms with Crippen LogP contribution < -0.4 is 0 Å². The van der Waals surface area contributed by atoms with E-state index >= 15 is 0 Å². The van der Waals surface area contributed by atoms with Gasteiger partial charge in [-0.2, -0.15) is 0 Å². The number of carbonyl (C=O) groups is 1. The highest BCUT2D eigenvalue weighted by atomic mass is 16.2. The molecule has 2 nitrogen and oxygen atoms in total. The summed E-state index contributed by atoms with van der Waals surface area (Å²) in [7, 11) is 0. The Morgan fingerprint density at radius 3 is 3.00 bits per heavy atom. The van der Waals surface area contributed by atoms with Gasteiger partial charge in [0.05, 0.1) is 0 Å². The zero-order valence-electron chi connectivity index (χ0n) is 6.34. The van der Waals surface area contributed by atoms with E-state index in [2.05, 4.69) is 11.8 Å². The van der Waals surface area contributed by atoms with Gasteiger partial charge in [-0.3, -0.25) is 4.79 Å². The van der Waals surface area contributed by atoms with E-state index in [-0.39, 0.29) is 0 Å². The quantitative estimate of drug-likeness (QED) is 0.490. The monoisotopic (exact) mass is 139 g/mol. The molecule has 2 fully saturated rings. The molecule has 0 bridgehead atoms. The smallest absolute Gasteiger partial charge is 0.222 e. The van der Waals surface area contributed by atoms with E-state index in [1.54, 1.807) is 0 Å². The van der Waals surface area contributed by atoms with Gasteiger partial charge in [-0.1, -0.05) is 6.92 Å². The predicted octanol–water partition coefficient (Wildman–Crippen LogP) is 1.02. The highest BCUT2D eigenvalue weighted by Crippen LogP contribution is 2.32. The van der Waals surface area contributed by atoms with E-state index in [1.165, 1.54) is 6.42 Å². The lowest BCUT2D eigenvalue weighted by Crippen LogP contribution is -2.28. The summed E-state index contributed by atoms with van der Waals surface area (Å²) in [5.41, 5.74) is 0. The first-order valence-electron chi connectivity index (χ1n) is 4.08. The Labute approximate surface area is 61.2 Å². The van der Waals surface area contributed by atoms with Gasteiger partial charge in [0.15, 0.2) is 0 Å². The molecule has 0 N–H and O–H groups in total. The molecular formula is C8H13NO. The normalized spacial score (nSPS) is 38.9. The van der Waals surface area contributed by atoms with Crippen molar-refractivity contribution in [2.24, 2.45) is 5.92 Å². The van der Waals surface area contributed by atoms with E-state index in [0.29, 0.717) is 11.9 Å². The Bertz CT molecular complexity index is 167. The van der Waals surface area contributed by atoms with Gasteiger partial charge in [0, 0.05) is 19.0 Å². The molecule has 0 radical (unpaired) electrons. The standard InChI is InChI=1S/C8H13NO/c1-6-4-5-9-7(6)2-3-8(9)10/h6-7H,2-5H2,1H3/t6-,7+/m1/s1. The van der Waals surface area contributed by atoms with Crippen LogP contribution in [0.5, 0.6) is 0 Å². The summed E-state index contributed by atoms with van der Waals surface area (Å²) < 4.78 is 0. The molecule has 2 atom stereocenters. The van der Waals surface area contributed by atoms with Crippen molar-refractivity contribution < 1.29 is 4.79 Å². The van der Waals surface area contributed by atoms with Crippen molar-refractivity contribution in [1.82, 2.24) is 4.90 Å². The number of hydrogen-bond donors (Lipinski definition) is 0. The average Bonchev–Trinajstić information content (AvgIpc) is 2.41. The van der Waals surface area contributed by atoms with Crippen LogP contribution in [-0.2, 0) is 4.79 Å². The fraction of sp³-hybridized carbons (Fsp3) is 0.875. The predicted molar refractivity (Wildman–Crippen MR) is 38.5 cm³/mol. The highest BCUT2D eigenvalue weighted by molar-refractivity contribution is 5.79. The van der Waals surface area contributed by atoms with Crippen LogP contribution in [0, 0.1) is 5.92 Å². The molecule has 2 aliphatic rings. The summed E-state index contributed by atoms with van der Waals surface area (Å²) in [6, 6.07) is 0.604. The molecule has 0 aliphatic carbocycles. The molecule has 0 aromatic carbocycles. The van der Waals surface area contributed by atoms with Gasteiger partial charge in [-0.05, 0) is 18.8 Å². The SMILES string of the molecule is C[C@@H]1CCN2C(=O)CC[C@@H]12. The number of hydrogen-bond acceptors (Lipinski definition) is 1. The second-order valence-electron chi connectivity index (χ2n) is 3.46. The first-order chi connectivity index (χ1) is 4.79. The average molecular weight is 139 g/mol. The zero-order valence-corrected chi connectivity index (χ0v) is 6.34. The van der Waals surface area contributed by atoms with Gasteiger partial charge in [0.2, 0.25) is 5.91 Å². The summed E-state index contributed by atoms with van der Waals surface area (Å²) in [5.74, 6) is 1.14. The second kappa shape index (κ2) is 1.97. The summed E-state index contributed by atoms with van der Waals surface area (Å²) >= 11 is 0. The zero-order chi connectivity index (χ0) is 7.14. The van der Waals surface area contributed by atoms with Crippen LogP contribution in [0.15, 0.2) is 0 Å². The van der Waals surface area contributed by atoms with Crippen LogP contribution >= 0.6 is 0 Å². The first-order valence-corrected chi connectivity index (χ1v) is 4.08. The lowest BCUT2D eigenvalue weighted by molar-refractivity contribution is -0.128. The fourth-order valence-electron chi connectivity index (χ4n) is 2.17. The maximum atomic E-state index is 11.1. The van der Waals surface area contributed by atoms with Gasteiger partial charge in [-0.25, -0.2) is 0 Å².